The number of ether oxygens (including phenoxy) is 2. The largest absolute Gasteiger partial charge is 0.435 e. The Morgan fingerprint density at radius 2 is 2.09 bits per heavy atom. The monoisotopic (exact) mass is 326 g/mol. The molecule has 7 heteroatoms. The zero-order valence-electron chi connectivity index (χ0n) is 12.7. The molecule has 23 heavy (non-hydrogen) atoms. The highest BCUT2D eigenvalue weighted by molar-refractivity contribution is 5.78. The van der Waals surface area contributed by atoms with E-state index in [1.165, 1.54) is 12.1 Å². The van der Waals surface area contributed by atoms with Crippen molar-refractivity contribution in [2.75, 3.05) is 26.2 Å². The lowest BCUT2D eigenvalue weighted by Gasteiger charge is -2.32. The molecule has 126 valence electrons. The predicted molar refractivity (Wildman–Crippen MR) is 79.4 cm³/mol. The first-order chi connectivity index (χ1) is 11.1. The van der Waals surface area contributed by atoms with Gasteiger partial charge in [-0.2, -0.15) is 8.78 Å². The Hall–Kier alpha value is -1.73. The van der Waals surface area contributed by atoms with Crippen LogP contribution in [0.3, 0.4) is 0 Å². The third-order valence-corrected chi connectivity index (χ3v) is 3.94. The molecule has 1 saturated heterocycles. The van der Waals surface area contributed by atoms with Crippen molar-refractivity contribution in [1.82, 2.24) is 10.2 Å². The lowest BCUT2D eigenvalue weighted by molar-refractivity contribution is -0.124. The molecule has 2 fully saturated rings. The SMILES string of the molecule is O=C(CN1CCO[C@H](c2ccc(OC(F)F)cc2)C1)NC1CC1. The number of rotatable bonds is 6. The smallest absolute Gasteiger partial charge is 0.387 e. The third kappa shape index (κ3) is 4.87. The number of alkyl halides is 2. The standard InChI is InChI=1S/C16H20F2N2O3/c17-16(18)23-13-5-1-11(2-6-13)14-9-20(7-8-22-14)10-15(21)19-12-3-4-12/h1-2,5-6,12,14,16H,3-4,7-10H2,(H,19,21)/t14-/m0/s1. The van der Waals surface area contributed by atoms with Crippen molar-refractivity contribution in [1.29, 1.82) is 0 Å². The van der Waals surface area contributed by atoms with Crippen LogP contribution in [0, 0.1) is 0 Å². The van der Waals surface area contributed by atoms with Crippen molar-refractivity contribution in [2.24, 2.45) is 0 Å². The molecule has 1 heterocycles. The summed E-state index contributed by atoms with van der Waals surface area (Å²) in [4.78, 5) is 13.9. The first kappa shape index (κ1) is 16.1. The van der Waals surface area contributed by atoms with Crippen LogP contribution in [0.15, 0.2) is 24.3 Å². The zero-order valence-corrected chi connectivity index (χ0v) is 12.7. The minimum atomic E-state index is -2.83. The predicted octanol–water partition coefficient (Wildman–Crippen LogP) is 1.94. The molecule has 5 nitrogen and oxygen atoms in total. The molecule has 0 bridgehead atoms. The molecular weight excluding hydrogens is 306 g/mol. The number of nitrogens with one attached hydrogen (secondary N) is 1. The number of hydrogen-bond acceptors (Lipinski definition) is 4. The lowest BCUT2D eigenvalue weighted by atomic mass is 10.1. The van der Waals surface area contributed by atoms with Gasteiger partial charge in [0.15, 0.2) is 0 Å². The van der Waals surface area contributed by atoms with Crippen molar-refractivity contribution in [3.05, 3.63) is 29.8 Å². The minimum Gasteiger partial charge on any atom is -0.435 e. The van der Waals surface area contributed by atoms with Crippen molar-refractivity contribution >= 4 is 5.91 Å². The topological polar surface area (TPSA) is 50.8 Å². The average molecular weight is 326 g/mol. The van der Waals surface area contributed by atoms with Gasteiger partial charge in [-0.25, -0.2) is 0 Å². The van der Waals surface area contributed by atoms with Crippen LogP contribution in [0.1, 0.15) is 24.5 Å². The van der Waals surface area contributed by atoms with Gasteiger partial charge < -0.3 is 14.8 Å². The fourth-order valence-electron chi connectivity index (χ4n) is 2.62. The Kier molecular flexibility index (Phi) is 5.07. The fraction of sp³-hybridized carbons (Fsp3) is 0.562. The van der Waals surface area contributed by atoms with E-state index >= 15 is 0 Å². The van der Waals surface area contributed by atoms with Crippen molar-refractivity contribution in [2.45, 2.75) is 31.6 Å². The fourth-order valence-corrected chi connectivity index (χ4v) is 2.62. The van der Waals surface area contributed by atoms with Crippen LogP contribution in [-0.4, -0.2) is 49.7 Å². The molecule has 0 spiro atoms. The van der Waals surface area contributed by atoms with Gasteiger partial charge in [-0.3, -0.25) is 9.69 Å². The highest BCUT2D eigenvalue weighted by Gasteiger charge is 2.27. The molecule has 1 aliphatic heterocycles. The van der Waals surface area contributed by atoms with Crippen molar-refractivity contribution in [3.8, 4) is 5.75 Å². The number of carbonyl (C=O) groups excluding carboxylic acids is 1. The van der Waals surface area contributed by atoms with Gasteiger partial charge in [0, 0.05) is 19.1 Å². The highest BCUT2D eigenvalue weighted by atomic mass is 19.3. The molecule has 1 aliphatic carbocycles. The second-order valence-electron chi connectivity index (χ2n) is 5.88. The van der Waals surface area contributed by atoms with Gasteiger partial charge in [0.1, 0.15) is 5.75 Å². The van der Waals surface area contributed by atoms with E-state index < -0.39 is 6.61 Å². The Morgan fingerprint density at radius 1 is 1.35 bits per heavy atom. The first-order valence-corrected chi connectivity index (χ1v) is 7.78. The second kappa shape index (κ2) is 7.23. The molecule has 3 rings (SSSR count). The molecule has 0 unspecified atom stereocenters. The summed E-state index contributed by atoms with van der Waals surface area (Å²) in [5.41, 5.74) is 0.888. The molecule has 1 aromatic carbocycles. The summed E-state index contributed by atoms with van der Waals surface area (Å²) in [7, 11) is 0. The lowest BCUT2D eigenvalue weighted by Crippen LogP contribution is -2.44. The quantitative estimate of drug-likeness (QED) is 0.868. The molecule has 1 saturated carbocycles. The summed E-state index contributed by atoms with van der Waals surface area (Å²) >= 11 is 0. The summed E-state index contributed by atoms with van der Waals surface area (Å²) in [5, 5.41) is 2.97. The number of nitrogens with zero attached hydrogens (tertiary/aromatic N) is 1. The zero-order chi connectivity index (χ0) is 16.2. The molecular formula is C16H20F2N2O3. The Labute approximate surface area is 133 Å². The van der Waals surface area contributed by atoms with Crippen LogP contribution < -0.4 is 10.1 Å². The van der Waals surface area contributed by atoms with Crippen LogP contribution in [-0.2, 0) is 9.53 Å². The maximum absolute atomic E-state index is 12.2. The Morgan fingerprint density at radius 3 is 2.74 bits per heavy atom. The van der Waals surface area contributed by atoms with Crippen LogP contribution in [0.25, 0.3) is 0 Å². The van der Waals surface area contributed by atoms with E-state index in [9.17, 15) is 13.6 Å². The van der Waals surface area contributed by atoms with Gasteiger partial charge in [0.25, 0.3) is 0 Å². The maximum Gasteiger partial charge on any atom is 0.387 e. The van der Waals surface area contributed by atoms with E-state index in [4.69, 9.17) is 4.74 Å². The van der Waals surface area contributed by atoms with Crippen LogP contribution >= 0.6 is 0 Å². The minimum absolute atomic E-state index is 0.0498. The molecule has 1 aromatic rings. The number of halogens is 2. The number of carbonyl (C=O) groups is 1. The molecule has 1 N–H and O–H groups in total. The first-order valence-electron chi connectivity index (χ1n) is 7.78. The number of hydrogen-bond donors (Lipinski definition) is 1. The van der Waals surface area contributed by atoms with E-state index in [0.29, 0.717) is 32.3 Å². The maximum atomic E-state index is 12.2. The van der Waals surface area contributed by atoms with Gasteiger partial charge in [-0.15, -0.1) is 0 Å². The molecule has 2 aliphatic rings. The summed E-state index contributed by atoms with van der Waals surface area (Å²) in [5.74, 6) is 0.175. The van der Waals surface area contributed by atoms with Gasteiger partial charge in [0.2, 0.25) is 5.91 Å². The van der Waals surface area contributed by atoms with Crippen LogP contribution in [0.4, 0.5) is 8.78 Å². The molecule has 0 radical (unpaired) electrons. The Bertz CT molecular complexity index is 535. The summed E-state index contributed by atoms with van der Waals surface area (Å²) in [6.45, 7) is -0.610. The Balaban J connectivity index is 1.53. The summed E-state index contributed by atoms with van der Waals surface area (Å²) < 4.78 is 34.4. The van der Waals surface area contributed by atoms with E-state index in [1.54, 1.807) is 12.1 Å². The molecule has 1 amide bonds. The molecule has 0 aromatic heterocycles. The van der Waals surface area contributed by atoms with Gasteiger partial charge in [-0.05, 0) is 30.5 Å². The van der Waals surface area contributed by atoms with Crippen LogP contribution in [0.2, 0.25) is 0 Å². The van der Waals surface area contributed by atoms with Gasteiger partial charge in [-0.1, -0.05) is 12.1 Å². The highest BCUT2D eigenvalue weighted by Crippen LogP contribution is 2.25. The molecule has 1 atom stereocenters. The average Bonchev–Trinajstić information content (AvgIpc) is 3.31. The normalized spacial score (nSPS) is 22.1. The van der Waals surface area contributed by atoms with E-state index in [1.807, 2.05) is 0 Å². The van der Waals surface area contributed by atoms with E-state index in [2.05, 4.69) is 15.0 Å². The second-order valence-corrected chi connectivity index (χ2v) is 5.88. The summed E-state index contributed by atoms with van der Waals surface area (Å²) in [6, 6.07) is 6.81. The number of amides is 1. The number of benzene rings is 1. The van der Waals surface area contributed by atoms with Crippen molar-refractivity contribution < 1.29 is 23.0 Å². The van der Waals surface area contributed by atoms with Crippen LogP contribution in [0.5, 0.6) is 5.75 Å². The van der Waals surface area contributed by atoms with E-state index in [-0.39, 0.29) is 17.8 Å². The number of morpholine rings is 1. The van der Waals surface area contributed by atoms with E-state index in [0.717, 1.165) is 18.4 Å². The van der Waals surface area contributed by atoms with Gasteiger partial charge in [0.05, 0.1) is 19.3 Å². The van der Waals surface area contributed by atoms with Gasteiger partial charge >= 0.3 is 6.61 Å². The summed E-state index contributed by atoms with van der Waals surface area (Å²) in [6.07, 6.45) is 1.98. The van der Waals surface area contributed by atoms with Crippen molar-refractivity contribution in [3.63, 3.8) is 0 Å². The third-order valence-electron chi connectivity index (χ3n) is 3.94.